The van der Waals surface area contributed by atoms with Crippen molar-refractivity contribution in [2.24, 2.45) is 11.3 Å². The summed E-state index contributed by atoms with van der Waals surface area (Å²) in [6, 6.07) is 0.516. The van der Waals surface area contributed by atoms with E-state index in [2.05, 4.69) is 26.9 Å². The van der Waals surface area contributed by atoms with E-state index in [4.69, 9.17) is 9.47 Å². The van der Waals surface area contributed by atoms with Crippen molar-refractivity contribution in [1.82, 2.24) is 25.2 Å². The monoisotopic (exact) mass is 835 g/mol. The van der Waals surface area contributed by atoms with E-state index in [1.54, 1.807) is 41.5 Å². The molecule has 1 aromatic heterocycles. The van der Waals surface area contributed by atoms with Gasteiger partial charge in [0.2, 0.25) is 21.8 Å². The number of ether oxygens (including phenoxy) is 3. The maximum atomic E-state index is 14.5. The fraction of sp³-hybridized carbons (Fsp3) is 0.583. The van der Waals surface area contributed by atoms with Crippen molar-refractivity contribution in [3.05, 3.63) is 42.6 Å². The van der Waals surface area contributed by atoms with Gasteiger partial charge < -0.3 is 29.7 Å². The van der Waals surface area contributed by atoms with E-state index in [0.717, 1.165) is 23.1 Å². The van der Waals surface area contributed by atoms with E-state index in [1.165, 1.54) is 6.08 Å². The summed E-state index contributed by atoms with van der Waals surface area (Å²) in [5.41, 5.74) is -6.28. The lowest BCUT2D eigenvalue weighted by Crippen LogP contribution is -2.60. The summed E-state index contributed by atoms with van der Waals surface area (Å²) in [6.07, 6.45) is -11.2. The molecule has 1 aliphatic heterocycles. The molecule has 1 aromatic carbocycles. The van der Waals surface area contributed by atoms with Crippen molar-refractivity contribution < 1.29 is 68.1 Å². The Hall–Kier alpha value is -4.82. The van der Waals surface area contributed by atoms with Gasteiger partial charge in [0.15, 0.2) is 5.75 Å². The number of benzene rings is 1. The number of carbonyl (C=O) groups is 4. The fourth-order valence-corrected chi connectivity index (χ4v) is 7.82. The Balaban J connectivity index is 1.53. The molecule has 14 nitrogen and oxygen atoms in total. The fourth-order valence-electron chi connectivity index (χ4n) is 6.45. The number of carbonyl (C=O) groups excluding carboxylic acids is 4. The second kappa shape index (κ2) is 14.8. The molecule has 2 heterocycles. The lowest BCUT2D eigenvalue weighted by molar-refractivity contribution is -0.274. The summed E-state index contributed by atoms with van der Waals surface area (Å²) in [6.45, 7) is 12.7. The van der Waals surface area contributed by atoms with Gasteiger partial charge >= 0.3 is 18.6 Å². The zero-order valence-electron chi connectivity index (χ0n) is 31.8. The minimum absolute atomic E-state index is 0.0504. The van der Waals surface area contributed by atoms with E-state index in [1.807, 2.05) is 4.72 Å². The Bertz CT molecular complexity index is 2060. The van der Waals surface area contributed by atoms with Crippen LogP contribution in [0.4, 0.5) is 31.1 Å². The van der Waals surface area contributed by atoms with Crippen LogP contribution in [0.1, 0.15) is 72.9 Å². The zero-order chi connectivity index (χ0) is 42.7. The molecule has 3 fully saturated rings. The summed E-state index contributed by atoms with van der Waals surface area (Å²) in [5.74, 6) is -5.24. The summed E-state index contributed by atoms with van der Waals surface area (Å²) in [5, 5.41) is 3.98. The average Bonchev–Trinajstić information content (AvgIpc) is 3.98. The quantitative estimate of drug-likeness (QED) is 0.203. The number of hydrogen-bond acceptors (Lipinski definition) is 10. The van der Waals surface area contributed by atoms with Crippen molar-refractivity contribution in [1.29, 1.82) is 0 Å². The highest BCUT2D eigenvalue weighted by Crippen LogP contribution is 2.46. The molecule has 3 aliphatic rings. The van der Waals surface area contributed by atoms with Gasteiger partial charge in [0, 0.05) is 23.8 Å². The van der Waals surface area contributed by atoms with Gasteiger partial charge in [0.05, 0.1) is 11.8 Å². The van der Waals surface area contributed by atoms with Crippen molar-refractivity contribution in [3.8, 4) is 11.5 Å². The topological polar surface area (TPSA) is 182 Å². The molecule has 0 bridgehead atoms. The number of nitrogens with one attached hydrogen (secondary N) is 3. The van der Waals surface area contributed by atoms with E-state index in [9.17, 15) is 53.9 Å². The second-order valence-corrected chi connectivity index (χ2v) is 18.3. The van der Waals surface area contributed by atoms with Gasteiger partial charge in [0.25, 0.3) is 5.91 Å². The third-order valence-electron chi connectivity index (χ3n) is 9.45. The van der Waals surface area contributed by atoms with Crippen LogP contribution in [-0.4, -0.2) is 89.6 Å². The Kier molecular flexibility index (Phi) is 11.3. The Morgan fingerprint density at radius 3 is 2.19 bits per heavy atom. The van der Waals surface area contributed by atoms with E-state index in [-0.39, 0.29) is 11.8 Å². The predicted octanol–water partition coefficient (Wildman–Crippen LogP) is 5.11. The maximum Gasteiger partial charge on any atom is 0.573 e. The van der Waals surface area contributed by atoms with E-state index < -0.39 is 128 Å². The van der Waals surface area contributed by atoms with Crippen LogP contribution in [-0.2, 0) is 35.3 Å². The molecule has 0 unspecified atom stereocenters. The lowest BCUT2D eigenvalue weighted by Gasteiger charge is -2.36. The number of para-hydroxylation sites is 1. The van der Waals surface area contributed by atoms with Crippen LogP contribution in [0.15, 0.2) is 36.9 Å². The molecular formula is C36H43F6N5O9S. The van der Waals surface area contributed by atoms with E-state index >= 15 is 0 Å². The number of sulfonamides is 1. The molecule has 5 rings (SSSR count). The van der Waals surface area contributed by atoms with Crippen molar-refractivity contribution in [2.75, 3.05) is 6.54 Å². The van der Waals surface area contributed by atoms with Crippen molar-refractivity contribution in [2.45, 2.75) is 114 Å². The van der Waals surface area contributed by atoms with Gasteiger partial charge in [-0.15, -0.1) is 19.8 Å². The first-order valence-corrected chi connectivity index (χ1v) is 19.3. The summed E-state index contributed by atoms with van der Waals surface area (Å²) in [7, 11) is -4.06. The summed E-state index contributed by atoms with van der Waals surface area (Å²) >= 11 is 0. The molecule has 57 heavy (non-hydrogen) atoms. The van der Waals surface area contributed by atoms with Crippen LogP contribution in [0.25, 0.3) is 10.9 Å². The van der Waals surface area contributed by atoms with Crippen LogP contribution in [0.3, 0.4) is 0 Å². The number of halogens is 6. The number of fused-ring (bicyclic) bond motifs is 1. The Morgan fingerprint density at radius 1 is 1.02 bits per heavy atom. The third-order valence-corrected chi connectivity index (χ3v) is 11.3. The van der Waals surface area contributed by atoms with Gasteiger partial charge in [-0.1, -0.05) is 32.9 Å². The van der Waals surface area contributed by atoms with Crippen LogP contribution >= 0.6 is 0 Å². The van der Waals surface area contributed by atoms with Crippen molar-refractivity contribution in [3.63, 3.8) is 0 Å². The minimum Gasteiger partial charge on any atom is -0.488 e. The lowest BCUT2D eigenvalue weighted by atomic mass is 9.85. The van der Waals surface area contributed by atoms with Gasteiger partial charge in [-0.25, -0.2) is 18.2 Å². The van der Waals surface area contributed by atoms with Gasteiger partial charge in [0.1, 0.15) is 46.3 Å². The molecule has 314 valence electrons. The van der Waals surface area contributed by atoms with Crippen LogP contribution in [0, 0.1) is 11.3 Å². The number of amides is 4. The highest BCUT2D eigenvalue weighted by Gasteiger charge is 2.62. The number of likely N-dealkylation sites (tertiary alicyclic amines) is 1. The second-order valence-electron chi connectivity index (χ2n) is 16.3. The van der Waals surface area contributed by atoms with E-state index in [0.29, 0.717) is 18.9 Å². The Labute approximate surface area is 324 Å². The molecule has 21 heteroatoms. The highest BCUT2D eigenvalue weighted by molar-refractivity contribution is 7.91. The molecule has 0 radical (unpaired) electrons. The smallest absolute Gasteiger partial charge is 0.488 e. The predicted molar refractivity (Wildman–Crippen MR) is 190 cm³/mol. The first kappa shape index (κ1) is 43.3. The first-order valence-electron chi connectivity index (χ1n) is 17.8. The first-order chi connectivity index (χ1) is 26.0. The number of aromatic nitrogens is 1. The number of alkyl carbamates (subject to hydrolysis) is 1. The normalized spacial score (nSPS) is 23.3. The third kappa shape index (κ3) is 10.0. The Morgan fingerprint density at radius 2 is 1.67 bits per heavy atom. The largest absolute Gasteiger partial charge is 0.573 e. The van der Waals surface area contributed by atoms with Crippen LogP contribution in [0.2, 0.25) is 0 Å². The molecule has 0 spiro atoms. The van der Waals surface area contributed by atoms with Gasteiger partial charge in [-0.2, -0.15) is 13.2 Å². The van der Waals surface area contributed by atoms with Crippen LogP contribution < -0.4 is 24.8 Å². The van der Waals surface area contributed by atoms with Gasteiger partial charge in [-0.05, 0) is 57.6 Å². The van der Waals surface area contributed by atoms with Gasteiger partial charge in [-0.3, -0.25) is 19.1 Å². The zero-order valence-corrected chi connectivity index (χ0v) is 32.6. The number of nitrogens with zero attached hydrogens (tertiary/aromatic N) is 2. The molecule has 4 amide bonds. The average molecular weight is 836 g/mol. The molecule has 2 saturated carbocycles. The molecule has 2 aliphatic carbocycles. The maximum absolute atomic E-state index is 14.5. The highest BCUT2D eigenvalue weighted by atomic mass is 32.2. The SMILES string of the molecule is C=C[C@@H]1C[C@@]1(NC(=O)[C@H]1C[C@@H](Oc2cc(C(F)(F)F)nc3c(OC(F)(F)F)cccc23)CN1C(=O)[C@@H](NC(=O)OC(C)(C)C)C(C)(C)C)C(=O)NS(=O)(=O)C1CC1. The number of rotatable bonds is 11. The summed E-state index contributed by atoms with van der Waals surface area (Å²) in [4.78, 5) is 59.4. The molecular weight excluding hydrogens is 792 g/mol. The molecule has 5 atom stereocenters. The molecule has 3 N–H and O–H groups in total. The number of pyridine rings is 1. The minimum atomic E-state index is -5.29. The molecule has 2 aromatic rings. The number of hydrogen-bond donors (Lipinski definition) is 3. The van der Waals surface area contributed by atoms with Crippen LogP contribution in [0.5, 0.6) is 11.5 Å². The standard InChI is InChI=1S/C36H43F6N5O9S/c1-8-18-16-34(18,30(50)46-57(52,53)20-12-13-20)45-28(48)22-14-19(17-47(22)29(49)27(32(2,3)4)44-31(51)56-33(5,6)7)54-24-15-25(35(37,38)39)43-26-21(24)10-9-11-23(26)55-36(40,41)42/h8-11,15,18-20,22,27H,1,12-14,16-17H2,2-7H3,(H,44,51)(H,45,48)(H,46,50)/t18-,19-,22-,27-,34+/m1/s1. The summed E-state index contributed by atoms with van der Waals surface area (Å²) < 4.78 is 125. The molecule has 1 saturated heterocycles. The van der Waals surface area contributed by atoms with Crippen molar-refractivity contribution >= 4 is 44.7 Å². The number of alkyl halides is 6.